The van der Waals surface area contributed by atoms with Crippen molar-refractivity contribution < 1.29 is 33.7 Å². The number of amides is 1. The SMILES string of the molecule is C=CCOc1ccc([C@@H]2C(=C(O)c3ccc(OCCC)cc3C)C(=O)C(=O)N2c2nc(C)c(C(=O)OC)s2)cc1. The molecule has 1 fully saturated rings. The molecule has 0 radical (unpaired) electrons. The molecule has 1 aromatic heterocycles. The summed E-state index contributed by atoms with van der Waals surface area (Å²) in [4.78, 5) is 45.1. The second-order valence-corrected chi connectivity index (χ2v) is 10.0. The van der Waals surface area contributed by atoms with E-state index in [1.807, 2.05) is 6.92 Å². The predicted octanol–water partition coefficient (Wildman–Crippen LogP) is 5.53. The maximum atomic E-state index is 13.5. The summed E-state index contributed by atoms with van der Waals surface area (Å²) in [6.07, 6.45) is 2.46. The van der Waals surface area contributed by atoms with Crippen LogP contribution in [0.3, 0.4) is 0 Å². The smallest absolute Gasteiger partial charge is 0.350 e. The summed E-state index contributed by atoms with van der Waals surface area (Å²) >= 11 is 0.941. The number of methoxy groups -OCH3 is 1. The van der Waals surface area contributed by atoms with Crippen LogP contribution in [0, 0.1) is 13.8 Å². The lowest BCUT2D eigenvalue weighted by Crippen LogP contribution is -2.29. The van der Waals surface area contributed by atoms with Crippen LogP contribution >= 0.6 is 11.3 Å². The average Bonchev–Trinajstić information content (AvgIpc) is 3.46. The largest absolute Gasteiger partial charge is 0.507 e. The number of Topliss-reactive ketones (excluding diaryl/α,β-unsaturated/α-hetero) is 1. The van der Waals surface area contributed by atoms with Crippen LogP contribution in [0.25, 0.3) is 5.76 Å². The van der Waals surface area contributed by atoms with Gasteiger partial charge in [-0.3, -0.25) is 14.5 Å². The standard InChI is InChI=1S/C30H30N2O7S/c1-6-14-38-20-10-8-19(9-11-20)24-23(25(33)22-13-12-21(16-17(22)3)39-15-7-2)26(34)28(35)32(24)30-31-18(4)27(40-30)29(36)37-5/h6,8-13,16,24,33H,1,7,14-15H2,2-5H3/t24-/m1/s1. The summed E-state index contributed by atoms with van der Waals surface area (Å²) in [5, 5.41) is 11.7. The van der Waals surface area contributed by atoms with Gasteiger partial charge in [0.1, 0.15) is 28.7 Å². The molecule has 1 aliphatic heterocycles. The van der Waals surface area contributed by atoms with Crippen molar-refractivity contribution in [1.82, 2.24) is 4.98 Å². The number of carbonyl (C=O) groups excluding carboxylic acids is 3. The Morgan fingerprint density at radius 2 is 1.82 bits per heavy atom. The maximum absolute atomic E-state index is 13.5. The minimum atomic E-state index is -1.01. The molecule has 4 rings (SSSR count). The molecular formula is C30H30N2O7S. The number of nitrogens with zero attached hydrogens (tertiary/aromatic N) is 2. The zero-order chi connectivity index (χ0) is 29.0. The normalized spacial score (nSPS) is 16.2. The van der Waals surface area contributed by atoms with Gasteiger partial charge >= 0.3 is 11.9 Å². The first-order chi connectivity index (χ1) is 19.2. The van der Waals surface area contributed by atoms with Gasteiger partial charge in [-0.25, -0.2) is 9.78 Å². The molecule has 0 saturated carbocycles. The number of aryl methyl sites for hydroxylation is 2. The molecule has 3 aromatic rings. The van der Waals surface area contributed by atoms with E-state index >= 15 is 0 Å². The number of thiazole rings is 1. The topological polar surface area (TPSA) is 115 Å². The van der Waals surface area contributed by atoms with Gasteiger partial charge in [0.25, 0.3) is 5.78 Å². The number of ether oxygens (including phenoxy) is 3. The molecule has 208 valence electrons. The van der Waals surface area contributed by atoms with Crippen LogP contribution in [0.5, 0.6) is 11.5 Å². The number of benzene rings is 2. The molecule has 1 amide bonds. The van der Waals surface area contributed by atoms with Crippen molar-refractivity contribution in [3.63, 3.8) is 0 Å². The highest BCUT2D eigenvalue weighted by Crippen LogP contribution is 2.44. The van der Waals surface area contributed by atoms with Crippen LogP contribution in [0.2, 0.25) is 0 Å². The lowest BCUT2D eigenvalue weighted by molar-refractivity contribution is -0.132. The lowest BCUT2D eigenvalue weighted by atomic mass is 9.94. The van der Waals surface area contributed by atoms with Gasteiger partial charge in [0, 0.05) is 5.56 Å². The highest BCUT2D eigenvalue weighted by molar-refractivity contribution is 7.17. The van der Waals surface area contributed by atoms with Crippen LogP contribution in [-0.4, -0.2) is 48.1 Å². The van der Waals surface area contributed by atoms with E-state index in [1.54, 1.807) is 62.4 Å². The summed E-state index contributed by atoms with van der Waals surface area (Å²) in [6.45, 7) is 9.91. The number of aliphatic hydroxyl groups excluding tert-OH is 1. The second kappa shape index (κ2) is 12.2. The summed E-state index contributed by atoms with van der Waals surface area (Å²) in [7, 11) is 1.25. The first kappa shape index (κ1) is 28.6. The molecule has 10 heteroatoms. The van der Waals surface area contributed by atoms with Crippen molar-refractivity contribution in [1.29, 1.82) is 0 Å². The number of hydrogen-bond donors (Lipinski definition) is 1. The Morgan fingerprint density at radius 1 is 1.12 bits per heavy atom. The molecule has 0 spiro atoms. The van der Waals surface area contributed by atoms with Crippen LogP contribution in [0.1, 0.15) is 51.4 Å². The molecular weight excluding hydrogens is 532 g/mol. The molecule has 40 heavy (non-hydrogen) atoms. The predicted molar refractivity (Wildman–Crippen MR) is 152 cm³/mol. The van der Waals surface area contributed by atoms with Crippen molar-refractivity contribution in [2.75, 3.05) is 25.2 Å². The maximum Gasteiger partial charge on any atom is 0.350 e. The Morgan fingerprint density at radius 3 is 2.45 bits per heavy atom. The number of aliphatic hydroxyl groups is 1. The molecule has 0 unspecified atom stereocenters. The fraction of sp³-hybridized carbons (Fsp3) is 0.267. The van der Waals surface area contributed by atoms with Gasteiger partial charge in [-0.05, 0) is 61.7 Å². The van der Waals surface area contributed by atoms with Gasteiger partial charge in [-0.1, -0.05) is 43.0 Å². The van der Waals surface area contributed by atoms with Crippen LogP contribution in [0.15, 0.2) is 60.7 Å². The van der Waals surface area contributed by atoms with Crippen molar-refractivity contribution in [2.45, 2.75) is 33.2 Å². The molecule has 9 nitrogen and oxygen atoms in total. The Bertz CT molecular complexity index is 1490. The number of aromatic nitrogens is 1. The van der Waals surface area contributed by atoms with Crippen LogP contribution < -0.4 is 14.4 Å². The quantitative estimate of drug-likeness (QED) is 0.113. The second-order valence-electron chi connectivity index (χ2n) is 9.07. The Kier molecular flexibility index (Phi) is 8.69. The summed E-state index contributed by atoms with van der Waals surface area (Å²) < 4.78 is 16.1. The molecule has 0 aliphatic carbocycles. The Balaban J connectivity index is 1.87. The van der Waals surface area contributed by atoms with Crippen LogP contribution in [0.4, 0.5) is 5.13 Å². The number of rotatable bonds is 10. The minimum absolute atomic E-state index is 0.0949. The van der Waals surface area contributed by atoms with Crippen LogP contribution in [-0.2, 0) is 14.3 Å². The van der Waals surface area contributed by atoms with Gasteiger partial charge in [-0.15, -0.1) is 0 Å². The third-order valence-corrected chi connectivity index (χ3v) is 7.43. The lowest BCUT2D eigenvalue weighted by Gasteiger charge is -2.23. The molecule has 2 aromatic carbocycles. The molecule has 1 atom stereocenters. The average molecular weight is 563 g/mol. The molecule has 2 heterocycles. The number of ketones is 1. The fourth-order valence-corrected chi connectivity index (χ4v) is 5.38. The zero-order valence-electron chi connectivity index (χ0n) is 22.7. The minimum Gasteiger partial charge on any atom is -0.507 e. The first-order valence-electron chi connectivity index (χ1n) is 12.7. The number of anilines is 1. The molecule has 1 N–H and O–H groups in total. The van der Waals surface area contributed by atoms with Gasteiger partial charge in [0.2, 0.25) is 0 Å². The van der Waals surface area contributed by atoms with Crippen molar-refractivity contribution in [3.8, 4) is 11.5 Å². The summed E-state index contributed by atoms with van der Waals surface area (Å²) in [6, 6.07) is 11.0. The van der Waals surface area contributed by atoms with Gasteiger partial charge in [0.05, 0.1) is 31.0 Å². The molecule has 1 aliphatic rings. The monoisotopic (exact) mass is 562 g/mol. The van der Waals surface area contributed by atoms with Crippen molar-refractivity contribution in [3.05, 3.63) is 88.0 Å². The molecule has 0 bridgehead atoms. The highest BCUT2D eigenvalue weighted by atomic mass is 32.1. The Labute approximate surface area is 236 Å². The summed E-state index contributed by atoms with van der Waals surface area (Å²) in [5.41, 5.74) is 1.87. The van der Waals surface area contributed by atoms with E-state index in [0.717, 1.165) is 17.8 Å². The van der Waals surface area contributed by atoms with E-state index in [2.05, 4.69) is 11.6 Å². The van der Waals surface area contributed by atoms with Crippen molar-refractivity contribution in [2.24, 2.45) is 0 Å². The zero-order valence-corrected chi connectivity index (χ0v) is 23.5. The third-order valence-electron chi connectivity index (χ3n) is 6.30. The van der Waals surface area contributed by atoms with Gasteiger partial charge in [0.15, 0.2) is 5.13 Å². The van der Waals surface area contributed by atoms with E-state index < -0.39 is 23.7 Å². The number of carbonyl (C=O) groups is 3. The van der Waals surface area contributed by atoms with E-state index in [9.17, 15) is 19.5 Å². The first-order valence-corrected chi connectivity index (χ1v) is 13.5. The molecule has 1 saturated heterocycles. The number of hydrogen-bond acceptors (Lipinski definition) is 9. The van der Waals surface area contributed by atoms with E-state index in [1.165, 1.54) is 12.0 Å². The van der Waals surface area contributed by atoms with Gasteiger partial charge in [-0.2, -0.15) is 0 Å². The number of esters is 1. The van der Waals surface area contributed by atoms with Gasteiger partial charge < -0.3 is 19.3 Å². The Hall–Kier alpha value is -4.44. The van der Waals surface area contributed by atoms with Crippen molar-refractivity contribution >= 4 is 39.9 Å². The van der Waals surface area contributed by atoms with E-state index in [0.29, 0.717) is 47.1 Å². The third kappa shape index (κ3) is 5.48. The fourth-order valence-electron chi connectivity index (χ4n) is 4.37. The van der Waals surface area contributed by atoms with E-state index in [-0.39, 0.29) is 21.3 Å². The highest BCUT2D eigenvalue weighted by Gasteiger charge is 2.48. The summed E-state index contributed by atoms with van der Waals surface area (Å²) in [5.74, 6) is -1.45. The van der Waals surface area contributed by atoms with E-state index in [4.69, 9.17) is 14.2 Å².